The highest BCUT2D eigenvalue weighted by Gasteiger charge is 2.20. The van der Waals surface area contributed by atoms with Crippen LogP contribution in [0, 0.1) is 5.82 Å². The number of amides is 1. The molecule has 0 aliphatic rings. The Balaban J connectivity index is 1.45. The first kappa shape index (κ1) is 26.0. The van der Waals surface area contributed by atoms with Crippen molar-refractivity contribution in [3.8, 4) is 28.4 Å². The van der Waals surface area contributed by atoms with Crippen LogP contribution in [0.2, 0.25) is 0 Å². The van der Waals surface area contributed by atoms with Crippen LogP contribution < -0.4 is 10.1 Å². The van der Waals surface area contributed by atoms with E-state index in [9.17, 15) is 9.18 Å². The number of rotatable bonds is 10. The second kappa shape index (κ2) is 11.3. The molecule has 0 aliphatic carbocycles. The van der Waals surface area contributed by atoms with Crippen molar-refractivity contribution in [1.82, 2.24) is 20.6 Å². The van der Waals surface area contributed by atoms with E-state index in [0.717, 1.165) is 5.56 Å². The Labute approximate surface area is 213 Å². The lowest BCUT2D eigenvalue weighted by molar-refractivity contribution is 0.0918. The van der Waals surface area contributed by atoms with E-state index in [2.05, 4.69) is 20.6 Å². The van der Waals surface area contributed by atoms with Gasteiger partial charge in [-0.3, -0.25) is 4.79 Å². The molecule has 0 spiro atoms. The van der Waals surface area contributed by atoms with Gasteiger partial charge in [-0.15, -0.1) is 0 Å². The van der Waals surface area contributed by atoms with Crippen LogP contribution in [-0.4, -0.2) is 39.0 Å². The zero-order valence-corrected chi connectivity index (χ0v) is 21.1. The average molecular weight is 509 g/mol. The summed E-state index contributed by atoms with van der Waals surface area (Å²) >= 11 is 0. The summed E-state index contributed by atoms with van der Waals surface area (Å²) in [4.78, 5) is 16.6. The maximum absolute atomic E-state index is 14.6. The number of carbonyl (C=O) groups is 1. The Hall–Kier alpha value is -4.05. The standard InChI is InChI=1S/C27H29FN4O5/c1-5-23(35-19-9-6-17(7-10-19)25-30-27(15(2)3)37-32-25)24-13-22(31-36-24)18-8-11-20(21(28)12-18)26(34)29-16(4)14-33/h6-13,15-16,23,33H,5,14H2,1-4H3,(H,29,34)/t16-,23?/m1/s1. The first-order chi connectivity index (χ1) is 17.8. The lowest BCUT2D eigenvalue weighted by Gasteiger charge is -2.14. The molecule has 0 fully saturated rings. The Kier molecular flexibility index (Phi) is 7.98. The molecular weight excluding hydrogens is 479 g/mol. The molecule has 2 atom stereocenters. The highest BCUT2D eigenvalue weighted by atomic mass is 19.1. The number of halogens is 1. The molecule has 10 heteroatoms. The normalized spacial score (nSPS) is 12.9. The number of aromatic nitrogens is 3. The second-order valence-electron chi connectivity index (χ2n) is 9.02. The molecule has 0 radical (unpaired) electrons. The van der Waals surface area contributed by atoms with Gasteiger partial charge in [-0.2, -0.15) is 4.98 Å². The molecule has 2 N–H and O–H groups in total. The molecule has 194 valence electrons. The van der Waals surface area contributed by atoms with Crippen LogP contribution in [0.1, 0.15) is 68.1 Å². The first-order valence-corrected chi connectivity index (χ1v) is 12.1. The van der Waals surface area contributed by atoms with Gasteiger partial charge in [0.1, 0.15) is 17.3 Å². The number of aliphatic hydroxyl groups excluding tert-OH is 1. The summed E-state index contributed by atoms with van der Waals surface area (Å²) in [6.07, 6.45) is 0.190. The van der Waals surface area contributed by atoms with E-state index in [4.69, 9.17) is 18.9 Å². The lowest BCUT2D eigenvalue weighted by Crippen LogP contribution is -2.35. The topological polar surface area (TPSA) is 124 Å². The molecule has 9 nitrogen and oxygen atoms in total. The number of nitrogens with zero attached hydrogens (tertiary/aromatic N) is 3. The molecule has 0 saturated carbocycles. The third-order valence-electron chi connectivity index (χ3n) is 5.70. The number of hydrogen-bond donors (Lipinski definition) is 2. The quantitative estimate of drug-likeness (QED) is 0.296. The van der Waals surface area contributed by atoms with E-state index in [0.29, 0.717) is 40.9 Å². The van der Waals surface area contributed by atoms with Gasteiger partial charge in [-0.25, -0.2) is 4.39 Å². The fourth-order valence-electron chi connectivity index (χ4n) is 3.56. The summed E-state index contributed by atoms with van der Waals surface area (Å²) in [5.74, 6) is 1.06. The lowest BCUT2D eigenvalue weighted by atomic mass is 10.1. The second-order valence-corrected chi connectivity index (χ2v) is 9.02. The van der Waals surface area contributed by atoms with Crippen LogP contribution in [0.5, 0.6) is 5.75 Å². The summed E-state index contributed by atoms with van der Waals surface area (Å²) in [6, 6.07) is 12.7. The molecule has 1 amide bonds. The van der Waals surface area contributed by atoms with Gasteiger partial charge >= 0.3 is 0 Å². The van der Waals surface area contributed by atoms with E-state index in [1.165, 1.54) is 12.1 Å². The third-order valence-corrected chi connectivity index (χ3v) is 5.70. The van der Waals surface area contributed by atoms with Crippen molar-refractivity contribution in [3.05, 3.63) is 71.6 Å². The Morgan fingerprint density at radius 3 is 2.41 bits per heavy atom. The Morgan fingerprint density at radius 2 is 1.78 bits per heavy atom. The Morgan fingerprint density at radius 1 is 1.05 bits per heavy atom. The number of ether oxygens (including phenoxy) is 1. The molecule has 0 bridgehead atoms. The zero-order valence-electron chi connectivity index (χ0n) is 21.1. The van der Waals surface area contributed by atoms with E-state index in [1.54, 1.807) is 19.1 Å². The van der Waals surface area contributed by atoms with Gasteiger partial charge in [0.2, 0.25) is 11.7 Å². The van der Waals surface area contributed by atoms with Gasteiger partial charge < -0.3 is 24.2 Å². The van der Waals surface area contributed by atoms with Gasteiger partial charge in [0.15, 0.2) is 11.9 Å². The fraction of sp³-hybridized carbons (Fsp3) is 0.333. The van der Waals surface area contributed by atoms with Crippen molar-refractivity contribution < 1.29 is 28.1 Å². The van der Waals surface area contributed by atoms with Crippen LogP contribution in [0.25, 0.3) is 22.6 Å². The molecule has 2 aromatic carbocycles. The van der Waals surface area contributed by atoms with E-state index in [1.807, 2.05) is 45.0 Å². The molecular formula is C27H29FN4O5. The summed E-state index contributed by atoms with van der Waals surface area (Å²) < 4.78 is 31.5. The van der Waals surface area contributed by atoms with Gasteiger partial charge in [0.05, 0.1) is 12.2 Å². The van der Waals surface area contributed by atoms with E-state index >= 15 is 0 Å². The van der Waals surface area contributed by atoms with Crippen LogP contribution in [0.15, 0.2) is 57.6 Å². The van der Waals surface area contributed by atoms with Gasteiger partial charge in [-0.05, 0) is 49.7 Å². The minimum absolute atomic E-state index is 0.118. The highest BCUT2D eigenvalue weighted by Crippen LogP contribution is 2.30. The SMILES string of the molecule is CCC(Oc1ccc(-c2noc(C(C)C)n2)cc1)c1cc(-c2ccc(C(=O)N[C@H](C)CO)c(F)c2)no1. The molecule has 1 unspecified atom stereocenters. The Bertz CT molecular complexity index is 1350. The van der Waals surface area contributed by atoms with Crippen molar-refractivity contribution in [2.75, 3.05) is 6.61 Å². The minimum Gasteiger partial charge on any atom is -0.482 e. The largest absolute Gasteiger partial charge is 0.482 e. The fourth-order valence-corrected chi connectivity index (χ4v) is 3.56. The maximum Gasteiger partial charge on any atom is 0.254 e. The molecule has 4 aromatic rings. The van der Waals surface area contributed by atoms with Gasteiger partial charge in [0.25, 0.3) is 5.91 Å². The smallest absolute Gasteiger partial charge is 0.254 e. The number of carbonyl (C=O) groups excluding carboxylic acids is 1. The van der Waals surface area contributed by atoms with Crippen LogP contribution in [0.3, 0.4) is 0 Å². The van der Waals surface area contributed by atoms with Gasteiger partial charge in [0, 0.05) is 29.2 Å². The molecule has 0 aliphatic heterocycles. The minimum atomic E-state index is -0.699. The van der Waals surface area contributed by atoms with Crippen molar-refractivity contribution in [2.24, 2.45) is 0 Å². The number of nitrogens with one attached hydrogen (secondary N) is 1. The summed E-state index contributed by atoms with van der Waals surface area (Å²) in [5.41, 5.74) is 1.56. The summed E-state index contributed by atoms with van der Waals surface area (Å²) in [5, 5.41) is 19.7. The highest BCUT2D eigenvalue weighted by molar-refractivity contribution is 5.95. The maximum atomic E-state index is 14.6. The van der Waals surface area contributed by atoms with Crippen LogP contribution >= 0.6 is 0 Å². The van der Waals surface area contributed by atoms with E-state index < -0.39 is 23.9 Å². The van der Waals surface area contributed by atoms with Crippen LogP contribution in [-0.2, 0) is 0 Å². The first-order valence-electron chi connectivity index (χ1n) is 12.1. The third kappa shape index (κ3) is 6.03. The monoisotopic (exact) mass is 508 g/mol. The summed E-state index contributed by atoms with van der Waals surface area (Å²) in [7, 11) is 0. The molecule has 2 aromatic heterocycles. The van der Waals surface area contributed by atoms with Crippen molar-refractivity contribution in [3.63, 3.8) is 0 Å². The van der Waals surface area contributed by atoms with Gasteiger partial charge in [-0.1, -0.05) is 37.2 Å². The van der Waals surface area contributed by atoms with Crippen LogP contribution in [0.4, 0.5) is 4.39 Å². The average Bonchev–Trinajstić information content (AvgIpc) is 3.58. The molecule has 37 heavy (non-hydrogen) atoms. The van der Waals surface area contributed by atoms with E-state index in [-0.39, 0.29) is 18.1 Å². The van der Waals surface area contributed by atoms with Crippen molar-refractivity contribution >= 4 is 5.91 Å². The molecule has 4 rings (SSSR count). The number of aliphatic hydroxyl groups is 1. The summed E-state index contributed by atoms with van der Waals surface area (Å²) in [6.45, 7) is 7.31. The number of hydrogen-bond acceptors (Lipinski definition) is 8. The molecule has 0 saturated heterocycles. The zero-order chi connectivity index (χ0) is 26.5. The predicted molar refractivity (Wildman–Crippen MR) is 133 cm³/mol. The predicted octanol–water partition coefficient (Wildman–Crippen LogP) is 5.29. The number of benzene rings is 2. The van der Waals surface area contributed by atoms with Crippen molar-refractivity contribution in [1.29, 1.82) is 0 Å². The van der Waals surface area contributed by atoms with Crippen molar-refractivity contribution in [2.45, 2.75) is 52.2 Å². The molecule has 2 heterocycles.